The van der Waals surface area contributed by atoms with Crippen molar-refractivity contribution in [2.75, 3.05) is 6.61 Å². The van der Waals surface area contributed by atoms with Crippen molar-refractivity contribution >= 4 is 17.8 Å². The number of ketones is 1. The van der Waals surface area contributed by atoms with Gasteiger partial charge in [0.2, 0.25) is 6.29 Å². The Bertz CT molecular complexity index is 1460. The summed E-state index contributed by atoms with van der Waals surface area (Å²) < 4.78 is 22.5. The van der Waals surface area contributed by atoms with Gasteiger partial charge in [0.05, 0.1) is 13.0 Å². The SMILES string of the molecule is O=C(/C=C/c1ccc(O)cc1)O[C@@H]1[C@@H](O)[C@H](O)[C@H](Oc2cc(O)c3c(c2)O[C@H](c2ccc(O)cc2)CC3=O)O[C@H]1CO. The number of benzene rings is 3. The summed E-state index contributed by atoms with van der Waals surface area (Å²) in [4.78, 5) is 25.2. The fourth-order valence-electron chi connectivity index (χ4n) is 4.71. The molecule has 5 rings (SSSR count). The summed E-state index contributed by atoms with van der Waals surface area (Å²) in [6, 6.07) is 14.5. The number of esters is 1. The first-order valence-electron chi connectivity index (χ1n) is 13.0. The van der Waals surface area contributed by atoms with Crippen LogP contribution in [0.4, 0.5) is 0 Å². The minimum Gasteiger partial charge on any atom is -0.508 e. The second-order valence-electron chi connectivity index (χ2n) is 9.79. The van der Waals surface area contributed by atoms with Crippen molar-refractivity contribution in [1.29, 1.82) is 0 Å². The summed E-state index contributed by atoms with van der Waals surface area (Å²) in [6.07, 6.45) is -6.05. The van der Waals surface area contributed by atoms with Gasteiger partial charge in [0.15, 0.2) is 11.9 Å². The number of aromatic hydroxyl groups is 3. The molecule has 0 bridgehead atoms. The number of rotatable bonds is 7. The Balaban J connectivity index is 1.28. The molecule has 12 heteroatoms. The van der Waals surface area contributed by atoms with Crippen LogP contribution in [-0.2, 0) is 14.3 Å². The maximum Gasteiger partial charge on any atom is 0.331 e. The molecule has 2 aliphatic heterocycles. The number of fused-ring (bicyclic) bond motifs is 1. The Kier molecular flexibility index (Phi) is 8.31. The van der Waals surface area contributed by atoms with E-state index in [-0.39, 0.29) is 40.8 Å². The van der Waals surface area contributed by atoms with Gasteiger partial charge < -0.3 is 49.6 Å². The van der Waals surface area contributed by atoms with Crippen molar-refractivity contribution in [2.24, 2.45) is 0 Å². The number of aliphatic hydroxyl groups excluding tert-OH is 3. The molecule has 12 nitrogen and oxygen atoms in total. The van der Waals surface area contributed by atoms with Crippen LogP contribution in [0.15, 0.2) is 66.7 Å². The van der Waals surface area contributed by atoms with E-state index in [1.165, 1.54) is 36.4 Å². The third kappa shape index (κ3) is 6.16. The number of phenols is 3. The van der Waals surface area contributed by atoms with Gasteiger partial charge in [0, 0.05) is 18.2 Å². The first kappa shape index (κ1) is 28.9. The van der Waals surface area contributed by atoms with Crippen molar-refractivity contribution < 1.29 is 59.2 Å². The average Bonchev–Trinajstić information content (AvgIpc) is 2.96. The molecule has 1 fully saturated rings. The molecule has 0 amide bonds. The maximum atomic E-state index is 12.8. The molecule has 6 N–H and O–H groups in total. The Morgan fingerprint density at radius 1 is 0.952 bits per heavy atom. The first-order chi connectivity index (χ1) is 20.1. The molecule has 3 aromatic rings. The number of hydrogen-bond acceptors (Lipinski definition) is 12. The molecular weight excluding hydrogens is 552 g/mol. The Labute approximate surface area is 239 Å². The van der Waals surface area contributed by atoms with Gasteiger partial charge in [0.1, 0.15) is 58.7 Å². The summed E-state index contributed by atoms with van der Waals surface area (Å²) in [7, 11) is 0. The van der Waals surface area contributed by atoms with Gasteiger partial charge in [-0.05, 0) is 41.5 Å². The summed E-state index contributed by atoms with van der Waals surface area (Å²) in [5, 5.41) is 60.8. The highest BCUT2D eigenvalue weighted by Gasteiger charge is 2.47. The molecule has 0 unspecified atom stereocenters. The largest absolute Gasteiger partial charge is 0.508 e. The van der Waals surface area contributed by atoms with E-state index < -0.39 is 55.1 Å². The first-order valence-corrected chi connectivity index (χ1v) is 13.0. The normalized spacial score (nSPS) is 25.5. The Morgan fingerprint density at radius 2 is 1.62 bits per heavy atom. The topological polar surface area (TPSA) is 192 Å². The number of ether oxygens (including phenoxy) is 4. The van der Waals surface area contributed by atoms with Gasteiger partial charge in [-0.3, -0.25) is 4.79 Å². The lowest BCUT2D eigenvalue weighted by Crippen LogP contribution is -2.61. The molecule has 0 saturated carbocycles. The summed E-state index contributed by atoms with van der Waals surface area (Å²) >= 11 is 0. The zero-order valence-corrected chi connectivity index (χ0v) is 21.9. The van der Waals surface area contributed by atoms with E-state index in [1.54, 1.807) is 24.3 Å². The van der Waals surface area contributed by atoms with Gasteiger partial charge in [-0.2, -0.15) is 0 Å². The quantitative estimate of drug-likeness (QED) is 0.176. The van der Waals surface area contributed by atoms with Gasteiger partial charge in [0.25, 0.3) is 0 Å². The van der Waals surface area contributed by atoms with E-state index in [0.717, 1.165) is 12.1 Å². The summed E-state index contributed by atoms with van der Waals surface area (Å²) in [5.74, 6) is -1.67. The molecule has 2 aliphatic rings. The molecule has 0 aromatic heterocycles. The van der Waals surface area contributed by atoms with Crippen LogP contribution in [0.3, 0.4) is 0 Å². The predicted molar refractivity (Wildman–Crippen MR) is 144 cm³/mol. The van der Waals surface area contributed by atoms with Crippen LogP contribution >= 0.6 is 0 Å². The molecule has 0 spiro atoms. The van der Waals surface area contributed by atoms with Crippen molar-refractivity contribution in [3.05, 3.63) is 83.4 Å². The second-order valence-corrected chi connectivity index (χ2v) is 9.79. The van der Waals surface area contributed by atoms with E-state index in [0.29, 0.717) is 11.1 Å². The molecule has 3 aromatic carbocycles. The third-order valence-corrected chi connectivity index (χ3v) is 6.87. The van der Waals surface area contributed by atoms with Crippen molar-refractivity contribution in [1.82, 2.24) is 0 Å². The minimum atomic E-state index is -1.75. The van der Waals surface area contributed by atoms with Gasteiger partial charge in [-0.15, -0.1) is 0 Å². The summed E-state index contributed by atoms with van der Waals surface area (Å²) in [6.45, 7) is -0.704. The van der Waals surface area contributed by atoms with E-state index in [4.69, 9.17) is 18.9 Å². The van der Waals surface area contributed by atoms with Crippen molar-refractivity contribution in [3.8, 4) is 28.7 Å². The lowest BCUT2D eigenvalue weighted by atomic mass is 9.95. The minimum absolute atomic E-state index is 0.0103. The second kappa shape index (κ2) is 12.1. The van der Waals surface area contributed by atoms with Crippen LogP contribution < -0.4 is 9.47 Å². The number of aliphatic hydroxyl groups is 3. The maximum absolute atomic E-state index is 12.8. The number of phenolic OH excluding ortho intramolecular Hbond substituents is 3. The standard InChI is InChI=1S/C30H28O12/c31-14-24-29(42-25(36)10-3-15-1-6-17(32)7-2-15)27(37)28(38)30(41-24)39-19-11-20(34)26-21(35)13-22(40-23(26)12-19)16-4-8-18(33)9-5-16/h1-12,22,24,27-34,37-38H,13-14H2/b10-3+/t22-,24-,27-,28-,29-,30+/m0/s1. The molecule has 0 radical (unpaired) electrons. The molecule has 2 heterocycles. The van der Waals surface area contributed by atoms with Gasteiger partial charge >= 0.3 is 5.97 Å². The Hall–Kier alpha value is -4.62. The highest BCUT2D eigenvalue weighted by atomic mass is 16.7. The molecule has 220 valence electrons. The molecule has 0 aliphatic carbocycles. The molecule has 1 saturated heterocycles. The monoisotopic (exact) mass is 580 g/mol. The van der Waals surface area contributed by atoms with Crippen LogP contribution in [0.2, 0.25) is 0 Å². The molecular formula is C30H28O12. The number of carbonyl (C=O) groups excluding carboxylic acids is 2. The van der Waals surface area contributed by atoms with Gasteiger partial charge in [-0.25, -0.2) is 4.79 Å². The molecule has 6 atom stereocenters. The Morgan fingerprint density at radius 3 is 2.29 bits per heavy atom. The van der Waals surface area contributed by atoms with Crippen molar-refractivity contribution in [2.45, 2.75) is 43.2 Å². The van der Waals surface area contributed by atoms with E-state index >= 15 is 0 Å². The van der Waals surface area contributed by atoms with Crippen LogP contribution in [-0.4, -0.2) is 79.7 Å². The number of hydrogen-bond donors (Lipinski definition) is 6. The van der Waals surface area contributed by atoms with Crippen LogP contribution in [0.1, 0.15) is 34.0 Å². The number of carbonyl (C=O) groups is 2. The average molecular weight is 581 g/mol. The van der Waals surface area contributed by atoms with E-state index in [9.17, 15) is 40.2 Å². The fraction of sp³-hybridized carbons (Fsp3) is 0.267. The zero-order chi connectivity index (χ0) is 30.0. The zero-order valence-electron chi connectivity index (χ0n) is 21.9. The van der Waals surface area contributed by atoms with Crippen molar-refractivity contribution in [3.63, 3.8) is 0 Å². The third-order valence-electron chi connectivity index (χ3n) is 6.87. The van der Waals surface area contributed by atoms with Crippen LogP contribution in [0.25, 0.3) is 6.08 Å². The highest BCUT2D eigenvalue weighted by molar-refractivity contribution is 6.02. The predicted octanol–water partition coefficient (Wildman–Crippen LogP) is 1.95. The van der Waals surface area contributed by atoms with Crippen LogP contribution in [0, 0.1) is 0 Å². The fourth-order valence-corrected chi connectivity index (χ4v) is 4.71. The molecule has 42 heavy (non-hydrogen) atoms. The smallest absolute Gasteiger partial charge is 0.331 e. The lowest BCUT2D eigenvalue weighted by molar-refractivity contribution is -0.280. The highest BCUT2D eigenvalue weighted by Crippen LogP contribution is 2.42. The van der Waals surface area contributed by atoms with E-state index in [1.807, 2.05) is 0 Å². The number of Topliss-reactive ketones (excluding diaryl/α,β-unsaturated/α-hetero) is 1. The lowest BCUT2D eigenvalue weighted by Gasteiger charge is -2.41. The summed E-state index contributed by atoms with van der Waals surface area (Å²) in [5.41, 5.74) is 1.16. The van der Waals surface area contributed by atoms with Crippen LogP contribution in [0.5, 0.6) is 28.7 Å². The van der Waals surface area contributed by atoms with Gasteiger partial charge in [-0.1, -0.05) is 24.3 Å². The van der Waals surface area contributed by atoms with E-state index in [2.05, 4.69) is 0 Å².